The van der Waals surface area contributed by atoms with Crippen LogP contribution in [-0.2, 0) is 0 Å². The van der Waals surface area contributed by atoms with Crippen LogP contribution in [0.5, 0.6) is 69.8 Å². The summed E-state index contributed by atoms with van der Waals surface area (Å²) in [5.74, 6) is 2.15. The van der Waals surface area contributed by atoms with Gasteiger partial charge in [0.25, 0.3) is 0 Å². The maximum Gasteiger partial charge on any atom is 0.320 e. The molecule has 120 heavy (non-hydrogen) atoms. The third-order valence-electron chi connectivity index (χ3n) is 21.7. The van der Waals surface area contributed by atoms with Gasteiger partial charge in [-0.1, -0.05) is 212 Å². The highest BCUT2D eigenvalue weighted by Gasteiger charge is 2.26. The number of phenols is 6. The predicted molar refractivity (Wildman–Crippen MR) is 476 cm³/mol. The molecule has 0 aliphatic carbocycles. The first-order valence-electron chi connectivity index (χ1n) is 41.2. The maximum atomic E-state index is 11.0. The molecular formula is C99H95N9O12. The lowest BCUT2D eigenvalue weighted by molar-refractivity contribution is 0.217. The van der Waals surface area contributed by atoms with Crippen molar-refractivity contribution in [1.82, 2.24) is 44.9 Å². The molecule has 14 aromatic carbocycles. The number of aromatic nitrogens is 9. The van der Waals surface area contributed by atoms with Gasteiger partial charge in [-0.2, -0.15) is 29.9 Å². The Kier molecular flexibility index (Phi) is 24.8. The van der Waals surface area contributed by atoms with Crippen LogP contribution >= 0.6 is 0 Å². The Morgan fingerprint density at radius 2 is 0.642 bits per heavy atom. The normalized spacial score (nSPS) is 11.9. The number of phenolic OH excluding ortho intramolecular Hbond substituents is 6. The van der Waals surface area contributed by atoms with Gasteiger partial charge < -0.3 is 59.1 Å². The summed E-state index contributed by atoms with van der Waals surface area (Å²) in [5.41, 5.74) is 2.66. The zero-order valence-corrected chi connectivity index (χ0v) is 68.4. The van der Waals surface area contributed by atoms with Gasteiger partial charge in [0.2, 0.25) is 0 Å². The highest BCUT2D eigenvalue weighted by molar-refractivity contribution is 6.25. The molecular weight excluding hydrogens is 1510 g/mol. The summed E-state index contributed by atoms with van der Waals surface area (Å²) in [6.07, 6.45) is 8.60. The molecule has 0 saturated heterocycles. The van der Waals surface area contributed by atoms with Crippen molar-refractivity contribution in [1.29, 1.82) is 0 Å². The molecule has 0 aliphatic heterocycles. The fourth-order valence-electron chi connectivity index (χ4n) is 15.5. The summed E-state index contributed by atoms with van der Waals surface area (Å²) in [6, 6.07) is 69.4. The van der Waals surface area contributed by atoms with Crippen molar-refractivity contribution < 1.29 is 59.1 Å². The molecule has 2 atom stereocenters. The van der Waals surface area contributed by atoms with E-state index in [4.69, 9.17) is 38.4 Å². The highest BCUT2D eigenvalue weighted by atomic mass is 16.5. The van der Waals surface area contributed by atoms with Gasteiger partial charge in [-0.3, -0.25) is 0 Å². The summed E-state index contributed by atoms with van der Waals surface area (Å²) in [4.78, 5) is 41.7. The van der Waals surface area contributed by atoms with E-state index in [0.29, 0.717) is 86.2 Å². The molecule has 2 unspecified atom stereocenters. The first-order chi connectivity index (χ1) is 58.5. The molecule has 21 heteroatoms. The molecule has 0 radical (unpaired) electrons. The molecule has 17 rings (SSSR count). The van der Waals surface area contributed by atoms with Crippen LogP contribution in [-0.4, -0.2) is 115 Å². The fraction of sp³-hybridized carbons (Fsp3) is 0.242. The van der Waals surface area contributed by atoms with Crippen molar-refractivity contribution in [3.63, 3.8) is 0 Å². The van der Waals surface area contributed by atoms with E-state index in [2.05, 4.69) is 178 Å². The van der Waals surface area contributed by atoms with Crippen LogP contribution in [0.25, 0.3) is 155 Å². The van der Waals surface area contributed by atoms with E-state index in [1.807, 2.05) is 88.4 Å². The lowest BCUT2D eigenvalue weighted by Gasteiger charge is -2.17. The van der Waals surface area contributed by atoms with E-state index in [0.717, 1.165) is 133 Å². The second-order valence-corrected chi connectivity index (χ2v) is 29.6. The lowest BCUT2D eigenvalue weighted by Crippen LogP contribution is -2.13. The highest BCUT2D eigenvalue weighted by Crippen LogP contribution is 2.47. The van der Waals surface area contributed by atoms with Gasteiger partial charge >= 0.3 is 18.0 Å². The second kappa shape index (κ2) is 36.7. The summed E-state index contributed by atoms with van der Waals surface area (Å²) < 4.78 is 34.4. The quantitative estimate of drug-likeness (QED) is 0.0196. The van der Waals surface area contributed by atoms with Gasteiger partial charge in [-0.15, -0.1) is 0 Å². The Labute approximate surface area is 695 Å². The van der Waals surface area contributed by atoms with Crippen molar-refractivity contribution in [2.45, 2.75) is 107 Å². The fourth-order valence-corrected chi connectivity index (χ4v) is 15.5. The maximum absolute atomic E-state index is 11.0. The lowest BCUT2D eigenvalue weighted by atomic mass is 9.92. The Balaban J connectivity index is 0.000000141. The number of rotatable bonds is 28. The van der Waals surface area contributed by atoms with Crippen molar-refractivity contribution >= 4 is 86.2 Å². The number of ether oxygens (including phenoxy) is 6. The largest absolute Gasteiger partial charge is 0.507 e. The Morgan fingerprint density at radius 3 is 1.15 bits per heavy atom. The molecule has 6 N–H and O–H groups in total. The van der Waals surface area contributed by atoms with Crippen LogP contribution < -0.4 is 28.4 Å². The van der Waals surface area contributed by atoms with E-state index in [1.165, 1.54) is 57.9 Å². The topological polar surface area (TPSA) is 293 Å². The summed E-state index contributed by atoms with van der Waals surface area (Å²) in [5, 5.41) is 82.9. The summed E-state index contributed by atoms with van der Waals surface area (Å²) in [6.45, 7) is 18.5. The predicted octanol–water partition coefficient (Wildman–Crippen LogP) is 23.3. The smallest absolute Gasteiger partial charge is 0.320 e. The standard InChI is InChI=1S/C37H37N3O4.C33H35N3O4.C29H23N3O4/c1-4-7-12-23(5-2)22-44-37-39-35(38-36(40-37)34-32(41)19-25(43-6-3)20-33(34)42)31-21-30-26-14-9-8-13-24(26)17-18-29(30)27-15-10-11-16-28(27)31;1-4-7-10-21(5-2)20-40-33-35-31(34-32(36-33)30-28(37)18-27(39-6-3)19-29(30)38)25-14-13-24-15-22-11-8-9-12-23(22)16-26(24)17-25;1-3-35-19-14-22(33)26(23(34)15-19)28-30-27(31-29(32-28)36-4-2)21-13-11-18-9-8-16-6-5-7-17-10-12-20(21)25(18)24(16)17/h8-11,13-21,23,41-42H,4-7,12,22H2,1-3H3;8-9,11-19,21,37-38H,4-7,10,20H2,1-3H3;5-15,33-34H,3-4H2,1-2H3. The number of fused-ring (bicyclic) bond motifs is 7. The van der Waals surface area contributed by atoms with E-state index >= 15 is 0 Å². The Morgan fingerprint density at radius 1 is 0.267 bits per heavy atom. The number of benzene rings is 14. The first kappa shape index (κ1) is 81.2. The Bertz CT molecular complexity index is 6500. The molecule has 608 valence electrons. The van der Waals surface area contributed by atoms with Crippen LogP contribution in [0.1, 0.15) is 107 Å². The van der Waals surface area contributed by atoms with Crippen LogP contribution in [0, 0.1) is 11.8 Å². The van der Waals surface area contributed by atoms with Gasteiger partial charge in [0.15, 0.2) is 34.9 Å². The minimum Gasteiger partial charge on any atom is -0.507 e. The van der Waals surface area contributed by atoms with Gasteiger partial charge in [-0.05, 0) is 169 Å². The van der Waals surface area contributed by atoms with Crippen LogP contribution in [0.2, 0.25) is 0 Å². The van der Waals surface area contributed by atoms with E-state index < -0.39 is 0 Å². The monoisotopic (exact) mass is 1600 g/mol. The third-order valence-corrected chi connectivity index (χ3v) is 21.7. The SMILES string of the molecule is CCCCC(CC)COc1nc(-c2c(O)cc(OCC)cc2O)nc(-c2cc3c4ccccc4ccc3c3ccccc23)n1.CCCCC(CC)COc1nc(-c2ccc3cc4ccccc4cc3c2)nc(-c2c(O)cc(OCC)cc2O)n1.CCOc1cc(O)c(-c2nc(OCC)nc(-c3ccc4ccc5cccc6ccc3c4c56)n2)c(O)c1. The molecule has 0 amide bonds. The first-order valence-corrected chi connectivity index (χ1v) is 41.2. The zero-order chi connectivity index (χ0) is 83.5. The van der Waals surface area contributed by atoms with Gasteiger partial charge in [0, 0.05) is 53.1 Å². The van der Waals surface area contributed by atoms with E-state index in [1.54, 1.807) is 0 Å². The molecule has 0 fully saturated rings. The molecule has 0 aliphatic rings. The molecule has 3 aromatic heterocycles. The molecule has 17 aromatic rings. The summed E-state index contributed by atoms with van der Waals surface area (Å²) >= 11 is 0. The van der Waals surface area contributed by atoms with Gasteiger partial charge in [0.05, 0.1) is 39.6 Å². The molecule has 3 heterocycles. The minimum atomic E-state index is -0.201. The molecule has 0 bridgehead atoms. The average molecular weight is 1600 g/mol. The van der Waals surface area contributed by atoms with Crippen LogP contribution in [0.15, 0.2) is 212 Å². The van der Waals surface area contributed by atoms with E-state index in [-0.39, 0.29) is 86.7 Å². The molecule has 0 spiro atoms. The number of hydrogen-bond acceptors (Lipinski definition) is 21. The van der Waals surface area contributed by atoms with Crippen molar-refractivity contribution in [2.24, 2.45) is 11.8 Å². The zero-order valence-electron chi connectivity index (χ0n) is 68.4. The third kappa shape index (κ3) is 17.4. The molecule has 21 nitrogen and oxygen atoms in total. The number of unbranched alkanes of at least 4 members (excludes halogenated alkanes) is 2. The van der Waals surface area contributed by atoms with Crippen LogP contribution in [0.4, 0.5) is 0 Å². The van der Waals surface area contributed by atoms with Gasteiger partial charge in [0.1, 0.15) is 68.4 Å². The number of nitrogens with zero attached hydrogens (tertiary/aromatic N) is 9. The molecule has 0 saturated carbocycles. The van der Waals surface area contributed by atoms with Crippen molar-refractivity contribution in [3.05, 3.63) is 212 Å². The number of hydrogen-bond donors (Lipinski definition) is 6. The average Bonchev–Trinajstić information content (AvgIpc) is 0.738. The minimum absolute atomic E-state index is 0.0840. The van der Waals surface area contributed by atoms with Crippen molar-refractivity contribution in [2.75, 3.05) is 39.6 Å². The van der Waals surface area contributed by atoms with Crippen molar-refractivity contribution in [3.8, 4) is 138 Å². The summed E-state index contributed by atoms with van der Waals surface area (Å²) in [7, 11) is 0. The number of aromatic hydroxyl groups is 6. The van der Waals surface area contributed by atoms with Crippen LogP contribution in [0.3, 0.4) is 0 Å². The van der Waals surface area contributed by atoms with E-state index in [9.17, 15) is 30.6 Å². The van der Waals surface area contributed by atoms with Gasteiger partial charge in [-0.25, -0.2) is 15.0 Å². The Hall–Kier alpha value is -14.0. The second-order valence-electron chi connectivity index (χ2n) is 29.6.